The highest BCUT2D eigenvalue weighted by atomic mass is 16.8. The first kappa shape index (κ1) is 79.8. The third kappa shape index (κ3) is 15.8. The van der Waals surface area contributed by atoms with Crippen molar-refractivity contribution >= 4 is 0 Å². The second kappa shape index (κ2) is 34.0. The van der Waals surface area contributed by atoms with Gasteiger partial charge in [0.1, 0.15) is 220 Å². The van der Waals surface area contributed by atoms with Crippen LogP contribution >= 0.6 is 0 Å². The summed E-state index contributed by atoms with van der Waals surface area (Å²) in [6.45, 7) is -9.99. The van der Waals surface area contributed by atoms with E-state index in [0.717, 1.165) is 0 Å². The van der Waals surface area contributed by atoms with E-state index >= 15 is 0 Å². The second-order valence-corrected chi connectivity index (χ2v) is 25.3. The zero-order valence-corrected chi connectivity index (χ0v) is 51.8. The third-order valence-electron chi connectivity index (χ3n) is 19.0. The summed E-state index contributed by atoms with van der Waals surface area (Å²) in [5.41, 5.74) is 0. The van der Waals surface area contributed by atoms with Gasteiger partial charge in [-0.05, 0) is 0 Å². The molecule has 27 saturated heterocycles. The molecule has 27 N–H and O–H groups in total. The minimum absolute atomic E-state index is 1.11. The molecule has 0 spiro atoms. The Morgan fingerprint density at radius 3 is 0.273 bits per heavy atom. The van der Waals surface area contributed by atoms with Gasteiger partial charge >= 0.3 is 0 Å². The standard InChI is InChI=1S/C54H90O45/c55-1-10-37-19(64)28(73)46(82-10)92-38-11(2-56)84-48(30(75)21(38)66)94-40-13(4-58)86-50(32(77)23(40)68)96-42-15(6-60)88-52(34(79)25(42)70)98-44-17(8-62)90-54(36(81)27(44)72)99-45-18(9-63)89-53(35(80)26(45)71)97-43-16(7-61)87-51(33(78)24(43)69)95-41-14(5-59)85-49(31(76)22(41)67)93-39-12(3-57)83-47(91-37)29(74)20(39)65/h10-81H,1-9H2/t10?,11?,12?,13?,14?,15?,16?,17?,18?,19?,20?,21?,22?,23?,24?,25?,26?,27?,28?,29?,30?,31?,32?,33?,34?,35?,36?,37-,38-,39-,40-,41-,42-,43-,44-,45-,46-,47-,48-,49-,50-,51-,52-,53-,54-/m1/s1. The second-order valence-electron chi connectivity index (χ2n) is 25.3. The first-order valence-electron chi connectivity index (χ1n) is 31.7. The number of aliphatic hydroxyl groups excluding tert-OH is 27. The van der Waals surface area contributed by atoms with Crippen LogP contribution in [0.2, 0.25) is 0 Å². The molecule has 45 atom stereocenters. The molecule has 0 aromatic heterocycles. The van der Waals surface area contributed by atoms with E-state index in [2.05, 4.69) is 0 Å². The first-order valence-corrected chi connectivity index (χ1v) is 31.7. The van der Waals surface area contributed by atoms with Crippen LogP contribution in [-0.4, -0.2) is 474 Å². The molecule has 0 radical (unpaired) electrons. The Balaban J connectivity index is 0.896. The van der Waals surface area contributed by atoms with E-state index < -0.39 is 336 Å². The number of hydrogen-bond acceptors (Lipinski definition) is 45. The van der Waals surface area contributed by atoms with Gasteiger partial charge < -0.3 is 223 Å². The van der Waals surface area contributed by atoms with Crippen LogP contribution in [0.5, 0.6) is 0 Å². The molecule has 576 valence electrons. The van der Waals surface area contributed by atoms with Crippen LogP contribution in [0.3, 0.4) is 0 Å². The van der Waals surface area contributed by atoms with Gasteiger partial charge in [-0.1, -0.05) is 0 Å². The smallest absolute Gasteiger partial charge is 0.187 e. The Morgan fingerprint density at radius 2 is 0.202 bits per heavy atom. The Morgan fingerprint density at radius 1 is 0.121 bits per heavy atom. The molecule has 27 fully saturated rings. The lowest BCUT2D eigenvalue weighted by Gasteiger charge is -2.50. The zero-order valence-electron chi connectivity index (χ0n) is 51.8. The molecular weight excluding hydrogens is 1370 g/mol. The number of hydrogen-bond donors (Lipinski definition) is 27. The Bertz CT molecular complexity index is 1940. The van der Waals surface area contributed by atoms with Crippen LogP contribution in [0, 0.1) is 0 Å². The SMILES string of the molecule is OCC1O[C@@H]2O[C@@H]3C(CO)O[C@H](O[C@@H]4C(CO)O[C@H](O[C@@H]5C(CO)O[C@H](O[C@@H]6C(CO)O[C@H](O[C@@H]7C(CO)O[C@H](O[C@@H]8C(CO)O[C@H](O[C@@H]9C(CO)O[C@H](O[C@@H]%10C(CO)O[C@H](O[C@H]1C(O)C2O)C(O)C%10O)C(O)C9O)C(O)C8O)C(O)C7O)C(O)C6O)C(O)C5O)C(O)C4O)C(O)C3O. The minimum atomic E-state index is -2.28. The molecule has 27 rings (SSSR count). The molecule has 0 saturated carbocycles. The molecule has 27 heterocycles. The van der Waals surface area contributed by atoms with Crippen molar-refractivity contribution < 1.29 is 223 Å². The van der Waals surface area contributed by atoms with Crippen LogP contribution in [0.4, 0.5) is 0 Å². The summed E-state index contributed by atoms with van der Waals surface area (Å²) in [7, 11) is 0. The maximum atomic E-state index is 11.5. The Labute approximate surface area is 558 Å². The van der Waals surface area contributed by atoms with Crippen molar-refractivity contribution in [3.63, 3.8) is 0 Å². The normalized spacial score (nSPS) is 55.4. The van der Waals surface area contributed by atoms with Crippen molar-refractivity contribution in [2.75, 3.05) is 59.5 Å². The monoisotopic (exact) mass is 1460 g/mol. The van der Waals surface area contributed by atoms with Crippen LogP contribution in [0.25, 0.3) is 0 Å². The third-order valence-corrected chi connectivity index (χ3v) is 19.0. The molecule has 18 bridgehead atoms. The molecule has 27 unspecified atom stereocenters. The summed E-state index contributed by atoms with van der Waals surface area (Å²) in [6.07, 6.45) is -93.8. The number of aliphatic hydroxyl groups is 27. The van der Waals surface area contributed by atoms with Crippen LogP contribution in [-0.2, 0) is 85.3 Å². The van der Waals surface area contributed by atoms with Crippen LogP contribution < -0.4 is 0 Å². The molecule has 0 aromatic carbocycles. The van der Waals surface area contributed by atoms with Gasteiger partial charge in [-0.3, -0.25) is 0 Å². The van der Waals surface area contributed by atoms with Gasteiger partial charge in [0.2, 0.25) is 0 Å². The fraction of sp³-hybridized carbons (Fsp3) is 1.00. The fourth-order valence-corrected chi connectivity index (χ4v) is 13.4. The summed E-state index contributed by atoms with van der Waals surface area (Å²) in [4.78, 5) is 0. The quantitative estimate of drug-likeness (QED) is 0.102. The molecular formula is C54H90O45. The molecule has 99 heavy (non-hydrogen) atoms. The number of rotatable bonds is 9. The van der Waals surface area contributed by atoms with Crippen molar-refractivity contribution in [2.24, 2.45) is 0 Å². The maximum Gasteiger partial charge on any atom is 0.187 e. The predicted octanol–water partition coefficient (Wildman–Crippen LogP) is -19.6. The average Bonchev–Trinajstić information content (AvgIpc) is 0.780. The van der Waals surface area contributed by atoms with Crippen molar-refractivity contribution in [3.8, 4) is 0 Å². The molecule has 0 aromatic rings. The van der Waals surface area contributed by atoms with E-state index in [1.165, 1.54) is 0 Å². The average molecular weight is 1460 g/mol. The summed E-state index contributed by atoms with van der Waals surface area (Å²) in [6, 6.07) is 0. The van der Waals surface area contributed by atoms with Crippen molar-refractivity contribution in [1.82, 2.24) is 0 Å². The molecule has 27 aliphatic rings. The minimum Gasteiger partial charge on any atom is -0.394 e. The summed E-state index contributed by atoms with van der Waals surface area (Å²) in [5.74, 6) is 0. The van der Waals surface area contributed by atoms with Crippen LogP contribution in [0.1, 0.15) is 0 Å². The van der Waals surface area contributed by atoms with E-state index in [4.69, 9.17) is 85.3 Å². The van der Waals surface area contributed by atoms with Gasteiger partial charge in [0.25, 0.3) is 0 Å². The van der Waals surface area contributed by atoms with Crippen molar-refractivity contribution in [2.45, 2.75) is 276 Å². The highest BCUT2D eigenvalue weighted by molar-refractivity contribution is 5.03. The van der Waals surface area contributed by atoms with Gasteiger partial charge in [0.15, 0.2) is 56.6 Å². The Kier molecular flexibility index (Phi) is 27.4. The van der Waals surface area contributed by atoms with Gasteiger partial charge in [0.05, 0.1) is 59.5 Å². The van der Waals surface area contributed by atoms with E-state index in [1.54, 1.807) is 0 Å². The highest BCUT2D eigenvalue weighted by Gasteiger charge is 2.61. The lowest BCUT2D eigenvalue weighted by Crippen LogP contribution is -2.68. The molecule has 27 aliphatic heterocycles. The van der Waals surface area contributed by atoms with Gasteiger partial charge in [-0.15, -0.1) is 0 Å². The van der Waals surface area contributed by atoms with Crippen molar-refractivity contribution in [1.29, 1.82) is 0 Å². The lowest BCUT2D eigenvalue weighted by atomic mass is 9.95. The molecule has 0 aliphatic carbocycles. The summed E-state index contributed by atoms with van der Waals surface area (Å²) < 4.78 is 103. The fourth-order valence-electron chi connectivity index (χ4n) is 13.4. The molecule has 45 heteroatoms. The van der Waals surface area contributed by atoms with Crippen molar-refractivity contribution in [3.05, 3.63) is 0 Å². The van der Waals surface area contributed by atoms with E-state index in [0.29, 0.717) is 0 Å². The molecule has 45 nitrogen and oxygen atoms in total. The highest BCUT2D eigenvalue weighted by Crippen LogP contribution is 2.40. The zero-order chi connectivity index (χ0) is 72.1. The predicted molar refractivity (Wildman–Crippen MR) is 294 cm³/mol. The Hall–Kier alpha value is -1.80. The largest absolute Gasteiger partial charge is 0.394 e. The van der Waals surface area contributed by atoms with Gasteiger partial charge in [-0.25, -0.2) is 0 Å². The summed E-state index contributed by atoms with van der Waals surface area (Å²) >= 11 is 0. The van der Waals surface area contributed by atoms with Gasteiger partial charge in [-0.2, -0.15) is 0 Å². The summed E-state index contributed by atoms with van der Waals surface area (Å²) in [5, 5.41) is 300. The molecule has 0 amide bonds. The number of ether oxygens (including phenoxy) is 18. The van der Waals surface area contributed by atoms with Crippen LogP contribution in [0.15, 0.2) is 0 Å². The lowest BCUT2D eigenvalue weighted by molar-refractivity contribution is -0.399. The van der Waals surface area contributed by atoms with E-state index in [-0.39, 0.29) is 0 Å². The van der Waals surface area contributed by atoms with Gasteiger partial charge in [0, 0.05) is 0 Å². The van der Waals surface area contributed by atoms with E-state index in [9.17, 15) is 138 Å². The first-order chi connectivity index (χ1) is 47.1. The topological polar surface area (TPSA) is 712 Å². The van der Waals surface area contributed by atoms with E-state index in [1.807, 2.05) is 0 Å². The maximum absolute atomic E-state index is 11.5.